The molecule has 0 saturated heterocycles. The van der Waals surface area contributed by atoms with Crippen molar-refractivity contribution in [3.63, 3.8) is 0 Å². The van der Waals surface area contributed by atoms with Crippen LogP contribution in [-0.2, 0) is 18.7 Å². The first kappa shape index (κ1) is 19.6. The number of ketones is 1. The fraction of sp³-hybridized carbons (Fsp3) is 0.714. The maximum absolute atomic E-state index is 11.0. The van der Waals surface area contributed by atoms with E-state index >= 15 is 0 Å². The van der Waals surface area contributed by atoms with Gasteiger partial charge in [0.25, 0.3) is 0 Å². The van der Waals surface area contributed by atoms with Crippen LogP contribution in [0.2, 0.25) is 0 Å². The molecule has 0 aromatic heterocycles. The fourth-order valence-electron chi connectivity index (χ4n) is 0.741. The topological polar surface area (TPSA) is 182 Å². The van der Waals surface area contributed by atoms with Crippen molar-refractivity contribution in [1.82, 2.24) is 0 Å². The summed E-state index contributed by atoms with van der Waals surface area (Å²) >= 11 is 0. The highest BCUT2D eigenvalue weighted by Gasteiger charge is 2.30. The first-order valence-corrected chi connectivity index (χ1v) is 5.89. The Morgan fingerprint density at radius 2 is 1.67 bits per heavy atom. The Labute approximate surface area is 102 Å². The molecule has 0 aliphatic heterocycles. The van der Waals surface area contributed by atoms with Crippen LogP contribution in [0.1, 0.15) is 0 Å². The van der Waals surface area contributed by atoms with E-state index in [-0.39, 0.29) is 0 Å². The lowest BCUT2D eigenvalue weighted by Gasteiger charge is -2.18. The number of aliphatic hydroxyl groups excluding tert-OH is 4. The summed E-state index contributed by atoms with van der Waals surface area (Å²) in [6.07, 6.45) is -5.89. The van der Waals surface area contributed by atoms with E-state index in [9.17, 15) is 9.36 Å². The molecule has 0 amide bonds. The molecular formula is C7H15O10P. The number of Topliss-reactive ketones (excluding diaryl/α,β-unsaturated/α-hetero) is 1. The average molecular weight is 290 g/mol. The van der Waals surface area contributed by atoms with Crippen molar-refractivity contribution in [3.8, 4) is 0 Å². The molecule has 0 rings (SSSR count). The van der Waals surface area contributed by atoms with Gasteiger partial charge in [0.2, 0.25) is 0 Å². The summed E-state index contributed by atoms with van der Waals surface area (Å²) in [5, 5.41) is 35.3. The van der Waals surface area contributed by atoms with Gasteiger partial charge in [0, 0.05) is 0 Å². The molecule has 0 unspecified atom stereocenters. The van der Waals surface area contributed by atoms with Crippen LogP contribution in [0.25, 0.3) is 0 Å². The summed E-state index contributed by atoms with van der Waals surface area (Å²) in [7, 11) is -4.81. The third-order valence-electron chi connectivity index (χ3n) is 1.57. The van der Waals surface area contributed by atoms with Gasteiger partial charge in [0.1, 0.15) is 25.1 Å². The van der Waals surface area contributed by atoms with Crippen LogP contribution in [0.15, 0.2) is 0 Å². The number of hydrogen-bond donors (Lipinski definition) is 6. The van der Waals surface area contributed by atoms with Gasteiger partial charge in [-0.05, 0) is 0 Å². The average Bonchev–Trinajstić information content (AvgIpc) is 2.34. The van der Waals surface area contributed by atoms with E-state index in [0.29, 0.717) is 0 Å². The molecule has 11 heteroatoms. The lowest BCUT2D eigenvalue weighted by molar-refractivity contribution is -0.144. The third kappa shape index (κ3) is 8.39. The molecule has 0 heterocycles. The van der Waals surface area contributed by atoms with E-state index < -0.39 is 45.1 Å². The molecule has 18 heavy (non-hydrogen) atoms. The molecule has 0 saturated carbocycles. The minimum absolute atomic E-state index is 0.942. The van der Waals surface area contributed by atoms with Crippen molar-refractivity contribution in [2.75, 3.05) is 13.2 Å². The van der Waals surface area contributed by atoms with Crippen LogP contribution < -0.4 is 0 Å². The van der Waals surface area contributed by atoms with Crippen LogP contribution >= 0.6 is 7.82 Å². The number of phosphoric ester groups is 1. The zero-order chi connectivity index (χ0) is 14.9. The summed E-state index contributed by atoms with van der Waals surface area (Å²) < 4.78 is 14.1. The van der Waals surface area contributed by atoms with E-state index in [2.05, 4.69) is 4.52 Å². The van der Waals surface area contributed by atoms with Crippen molar-refractivity contribution in [1.29, 1.82) is 0 Å². The Kier molecular flexibility index (Phi) is 10.1. The number of aliphatic hydroxyl groups is 4. The summed E-state index contributed by atoms with van der Waals surface area (Å²) in [4.78, 5) is 35.5. The monoisotopic (exact) mass is 290 g/mol. The Bertz CT molecular complexity index is 288. The Morgan fingerprint density at radius 3 is 2.00 bits per heavy atom. The van der Waals surface area contributed by atoms with E-state index in [0.717, 1.165) is 0 Å². The van der Waals surface area contributed by atoms with Crippen LogP contribution in [0.5, 0.6) is 0 Å². The minimum Gasteiger partial charge on any atom is -0.393 e. The minimum atomic E-state index is -4.81. The highest BCUT2D eigenvalue weighted by Crippen LogP contribution is 2.35. The van der Waals surface area contributed by atoms with E-state index in [1.165, 1.54) is 0 Å². The molecular weight excluding hydrogens is 275 g/mol. The Hall–Kier alpha value is -0.710. The molecule has 0 aliphatic rings. The highest BCUT2D eigenvalue weighted by molar-refractivity contribution is 7.46. The number of carbonyl (C=O) groups is 2. The van der Waals surface area contributed by atoms with Gasteiger partial charge in [-0.25, -0.2) is 4.57 Å². The zero-order valence-corrected chi connectivity index (χ0v) is 10.0. The molecule has 0 bridgehead atoms. The second-order valence-corrected chi connectivity index (χ2v) is 4.14. The maximum Gasteiger partial charge on any atom is 0.469 e. The third-order valence-corrected chi connectivity index (χ3v) is 2.06. The number of hydrogen-bond acceptors (Lipinski definition) is 8. The Balaban J connectivity index is 0. The highest BCUT2D eigenvalue weighted by atomic mass is 31.2. The van der Waals surface area contributed by atoms with Crippen molar-refractivity contribution < 1.29 is 48.9 Å². The normalized spacial score (nSPS) is 16.1. The molecule has 0 aromatic rings. The zero-order valence-electron chi connectivity index (χ0n) is 9.12. The van der Waals surface area contributed by atoms with E-state index in [1.807, 2.05) is 6.79 Å². The first-order chi connectivity index (χ1) is 8.19. The fourth-order valence-corrected chi connectivity index (χ4v) is 1.09. The van der Waals surface area contributed by atoms with E-state index in [4.69, 9.17) is 35.0 Å². The number of phosphoric acid groups is 1. The van der Waals surface area contributed by atoms with Gasteiger partial charge in [-0.3, -0.25) is 9.32 Å². The van der Waals surface area contributed by atoms with Crippen molar-refractivity contribution in [2.45, 2.75) is 18.3 Å². The predicted molar refractivity (Wildman–Crippen MR) is 55.2 cm³/mol. The Morgan fingerprint density at radius 1 is 1.22 bits per heavy atom. The van der Waals surface area contributed by atoms with Crippen molar-refractivity contribution in [2.24, 2.45) is 0 Å². The largest absolute Gasteiger partial charge is 0.469 e. The molecule has 10 nitrogen and oxygen atoms in total. The standard InChI is InChI=1S/C6H13O9P.CH2O/c7-1-3(8)5(10)6(11)4(9)2-15-16(12,13)14;1-2/h3-4,6-9,11H,1-2H2,(H2,12,13,14);1H2/t3-,4-,6-;/m1./s1. The lowest BCUT2D eigenvalue weighted by atomic mass is 10.1. The number of rotatable bonds is 7. The van der Waals surface area contributed by atoms with Gasteiger partial charge < -0.3 is 35.0 Å². The second kappa shape index (κ2) is 9.25. The summed E-state index contributed by atoms with van der Waals surface area (Å²) in [6.45, 7) is 0.0668. The lowest BCUT2D eigenvalue weighted by Crippen LogP contribution is -2.43. The summed E-state index contributed by atoms with van der Waals surface area (Å²) in [5.41, 5.74) is 0. The molecule has 108 valence electrons. The van der Waals surface area contributed by atoms with Crippen LogP contribution in [0.4, 0.5) is 0 Å². The first-order valence-electron chi connectivity index (χ1n) is 4.36. The van der Waals surface area contributed by atoms with Crippen LogP contribution in [-0.4, -0.2) is 74.3 Å². The van der Waals surface area contributed by atoms with Crippen molar-refractivity contribution >= 4 is 20.4 Å². The van der Waals surface area contributed by atoms with Gasteiger partial charge in [0.15, 0.2) is 5.78 Å². The van der Waals surface area contributed by atoms with Crippen LogP contribution in [0.3, 0.4) is 0 Å². The van der Waals surface area contributed by atoms with Gasteiger partial charge in [-0.1, -0.05) is 0 Å². The SMILES string of the molecule is C=O.O=C([C@H](O)CO)[C@H](O)[C@H](O)COP(=O)(O)O. The summed E-state index contributed by atoms with van der Waals surface area (Å²) in [5.74, 6) is -1.27. The van der Waals surface area contributed by atoms with Gasteiger partial charge >= 0.3 is 7.82 Å². The molecule has 0 aromatic carbocycles. The molecule has 0 fully saturated rings. The van der Waals surface area contributed by atoms with E-state index in [1.54, 1.807) is 0 Å². The molecule has 6 N–H and O–H groups in total. The van der Waals surface area contributed by atoms with Crippen molar-refractivity contribution in [3.05, 3.63) is 0 Å². The molecule has 0 aliphatic carbocycles. The predicted octanol–water partition coefficient (Wildman–Crippen LogP) is -3.45. The number of carbonyl (C=O) groups excluding carboxylic acids is 2. The molecule has 3 atom stereocenters. The quantitative estimate of drug-likeness (QED) is 0.258. The van der Waals surface area contributed by atoms with Gasteiger partial charge in [-0.15, -0.1) is 0 Å². The molecule has 0 radical (unpaired) electrons. The van der Waals surface area contributed by atoms with Gasteiger partial charge in [-0.2, -0.15) is 0 Å². The van der Waals surface area contributed by atoms with Crippen LogP contribution in [0, 0.1) is 0 Å². The molecule has 0 spiro atoms. The summed E-state index contributed by atoms with van der Waals surface area (Å²) in [6, 6.07) is 0. The maximum atomic E-state index is 11.0. The van der Waals surface area contributed by atoms with Gasteiger partial charge in [0.05, 0.1) is 13.2 Å². The second-order valence-electron chi connectivity index (χ2n) is 2.90. The smallest absolute Gasteiger partial charge is 0.393 e.